The van der Waals surface area contributed by atoms with Crippen LogP contribution in [0.5, 0.6) is 5.75 Å². The number of aliphatic carboxylic acids is 1. The van der Waals surface area contributed by atoms with Crippen LogP contribution >= 0.6 is 11.6 Å². The number of nitrogens with zero attached hydrogens (tertiary/aromatic N) is 2. The topological polar surface area (TPSA) is 70.1 Å². The van der Waals surface area contributed by atoms with Crippen molar-refractivity contribution in [3.05, 3.63) is 52.6 Å². The molecule has 0 atom stereocenters. The summed E-state index contributed by atoms with van der Waals surface area (Å²) >= 11 is 6.09. The first kappa shape index (κ1) is 26.7. The molecular formula is C24H35ClN2O4. The minimum Gasteiger partial charge on any atom is -0.482 e. The van der Waals surface area contributed by atoms with Gasteiger partial charge in [-0.1, -0.05) is 42.3 Å². The highest BCUT2D eigenvalue weighted by atomic mass is 35.5. The van der Waals surface area contributed by atoms with Gasteiger partial charge in [-0.05, 0) is 45.4 Å². The zero-order chi connectivity index (χ0) is 23.2. The number of allylic oxidation sites excluding steroid dienone is 3. The van der Waals surface area contributed by atoms with Gasteiger partial charge in [-0.25, -0.2) is 4.79 Å². The van der Waals surface area contributed by atoms with Crippen molar-refractivity contribution in [3.63, 3.8) is 0 Å². The molecule has 1 aromatic carbocycles. The van der Waals surface area contributed by atoms with Crippen molar-refractivity contribution in [2.24, 2.45) is 0 Å². The number of carboxylic acids is 1. The molecule has 0 radical (unpaired) electrons. The third kappa shape index (κ3) is 10.5. The van der Waals surface area contributed by atoms with Crippen LogP contribution in [0.3, 0.4) is 0 Å². The van der Waals surface area contributed by atoms with Gasteiger partial charge in [-0.3, -0.25) is 9.69 Å². The van der Waals surface area contributed by atoms with Gasteiger partial charge in [-0.15, -0.1) is 0 Å². The largest absolute Gasteiger partial charge is 0.482 e. The second kappa shape index (κ2) is 14.7. The van der Waals surface area contributed by atoms with Crippen molar-refractivity contribution >= 4 is 23.5 Å². The number of halogens is 1. The molecule has 7 heteroatoms. The number of hydrogen-bond acceptors (Lipinski definition) is 4. The molecule has 172 valence electrons. The van der Waals surface area contributed by atoms with Crippen molar-refractivity contribution in [2.45, 2.75) is 47.1 Å². The Bertz CT molecular complexity index is 765. The van der Waals surface area contributed by atoms with Crippen molar-refractivity contribution in [1.82, 2.24) is 9.80 Å². The molecule has 1 amide bonds. The van der Waals surface area contributed by atoms with E-state index in [9.17, 15) is 9.59 Å². The minimum atomic E-state index is -1.02. The summed E-state index contributed by atoms with van der Waals surface area (Å²) in [6.45, 7) is 11.2. The number of carboxylic acid groups (broad SMARTS) is 1. The van der Waals surface area contributed by atoms with Gasteiger partial charge in [0.1, 0.15) is 5.75 Å². The molecule has 0 aliphatic carbocycles. The standard InChI is InChI=1S/C20H27ClN2O4.C4H8/c1-3-4-15(2)11-19(24)23-9-7-22(8-10-23)13-16-12-17(21)5-6-18(16)27-14-20(25)26;1-3-4-2/h4-6,12H,3,7-11,13-14H2,1-2H3,(H,25,26);3-4H,1-2H3/b15-4+;4-3-. The molecule has 1 aliphatic rings. The quantitative estimate of drug-likeness (QED) is 0.577. The number of ether oxygens (including phenoxy) is 1. The van der Waals surface area contributed by atoms with Crippen LogP contribution in [0.25, 0.3) is 0 Å². The van der Waals surface area contributed by atoms with E-state index in [-0.39, 0.29) is 12.5 Å². The van der Waals surface area contributed by atoms with Gasteiger partial charge in [0.05, 0.1) is 0 Å². The van der Waals surface area contributed by atoms with Gasteiger partial charge in [0.25, 0.3) is 0 Å². The van der Waals surface area contributed by atoms with E-state index in [4.69, 9.17) is 21.4 Å². The molecule has 1 N–H and O–H groups in total. The van der Waals surface area contributed by atoms with E-state index >= 15 is 0 Å². The second-order valence-corrected chi connectivity index (χ2v) is 7.83. The fourth-order valence-electron chi connectivity index (χ4n) is 3.12. The summed E-state index contributed by atoms with van der Waals surface area (Å²) < 4.78 is 5.37. The normalized spacial score (nSPS) is 14.9. The predicted molar refractivity (Wildman–Crippen MR) is 126 cm³/mol. The number of piperazine rings is 1. The van der Waals surface area contributed by atoms with Gasteiger partial charge in [0.2, 0.25) is 5.91 Å². The molecule has 0 spiro atoms. The average Bonchev–Trinajstić information content (AvgIpc) is 2.74. The van der Waals surface area contributed by atoms with Crippen LogP contribution in [0, 0.1) is 0 Å². The van der Waals surface area contributed by atoms with Crippen LogP contribution in [0.2, 0.25) is 5.02 Å². The first-order valence-corrected chi connectivity index (χ1v) is 11.0. The summed E-state index contributed by atoms with van der Waals surface area (Å²) in [6, 6.07) is 5.18. The molecule has 31 heavy (non-hydrogen) atoms. The van der Waals surface area contributed by atoms with Gasteiger partial charge >= 0.3 is 5.97 Å². The number of carbonyl (C=O) groups excluding carboxylic acids is 1. The van der Waals surface area contributed by atoms with E-state index in [1.165, 1.54) is 0 Å². The van der Waals surface area contributed by atoms with Gasteiger partial charge in [0, 0.05) is 49.7 Å². The van der Waals surface area contributed by atoms with Gasteiger partial charge in [0.15, 0.2) is 6.61 Å². The molecule has 0 saturated carbocycles. The monoisotopic (exact) mass is 450 g/mol. The number of amides is 1. The summed E-state index contributed by atoms with van der Waals surface area (Å²) in [5, 5.41) is 9.40. The van der Waals surface area contributed by atoms with Crippen molar-refractivity contribution in [2.75, 3.05) is 32.8 Å². The fourth-order valence-corrected chi connectivity index (χ4v) is 3.31. The first-order chi connectivity index (χ1) is 14.8. The lowest BCUT2D eigenvalue weighted by Gasteiger charge is -2.35. The zero-order valence-electron chi connectivity index (χ0n) is 19.1. The Kier molecular flexibility index (Phi) is 12.6. The highest BCUT2D eigenvalue weighted by Crippen LogP contribution is 2.25. The van der Waals surface area contributed by atoms with Gasteiger partial charge in [-0.2, -0.15) is 0 Å². The van der Waals surface area contributed by atoms with Crippen LogP contribution in [-0.2, 0) is 16.1 Å². The molecular weight excluding hydrogens is 416 g/mol. The highest BCUT2D eigenvalue weighted by molar-refractivity contribution is 6.30. The lowest BCUT2D eigenvalue weighted by atomic mass is 10.1. The van der Waals surface area contributed by atoms with E-state index < -0.39 is 5.97 Å². The number of hydrogen-bond donors (Lipinski definition) is 1. The summed E-state index contributed by atoms with van der Waals surface area (Å²) in [4.78, 5) is 27.3. The lowest BCUT2D eigenvalue weighted by Crippen LogP contribution is -2.48. The maximum absolute atomic E-state index is 12.4. The second-order valence-electron chi connectivity index (χ2n) is 7.39. The molecule has 1 aromatic rings. The molecule has 1 heterocycles. The summed E-state index contributed by atoms with van der Waals surface area (Å²) in [7, 11) is 0. The summed E-state index contributed by atoms with van der Waals surface area (Å²) in [5.41, 5.74) is 1.97. The van der Waals surface area contributed by atoms with Crippen LogP contribution in [0.1, 0.15) is 46.1 Å². The SMILES string of the molecule is C/C=C\C.CC/C=C(\C)CC(=O)N1CCN(Cc2cc(Cl)ccc2OCC(=O)O)CC1. The Morgan fingerprint density at radius 3 is 2.35 bits per heavy atom. The highest BCUT2D eigenvalue weighted by Gasteiger charge is 2.22. The average molecular weight is 451 g/mol. The zero-order valence-corrected chi connectivity index (χ0v) is 19.8. The molecule has 6 nitrogen and oxygen atoms in total. The van der Waals surface area contributed by atoms with Crippen LogP contribution in [0.4, 0.5) is 0 Å². The molecule has 0 aromatic heterocycles. The number of benzene rings is 1. The maximum atomic E-state index is 12.4. The Balaban J connectivity index is 0.00000110. The van der Waals surface area contributed by atoms with Crippen LogP contribution in [-0.4, -0.2) is 59.6 Å². The van der Waals surface area contributed by atoms with E-state index in [0.717, 1.165) is 30.6 Å². The smallest absolute Gasteiger partial charge is 0.341 e. The molecule has 2 rings (SSSR count). The third-order valence-electron chi connectivity index (χ3n) is 4.81. The van der Waals surface area contributed by atoms with E-state index in [2.05, 4.69) is 17.9 Å². The van der Waals surface area contributed by atoms with E-state index in [1.54, 1.807) is 18.2 Å². The van der Waals surface area contributed by atoms with E-state index in [0.29, 0.717) is 36.8 Å². The number of rotatable bonds is 8. The minimum absolute atomic E-state index is 0.171. The van der Waals surface area contributed by atoms with Gasteiger partial charge < -0.3 is 14.7 Å². The fraction of sp³-hybridized carbons (Fsp3) is 0.500. The first-order valence-electron chi connectivity index (χ1n) is 10.7. The summed E-state index contributed by atoms with van der Waals surface area (Å²) in [6.07, 6.45) is 7.51. The molecule has 1 saturated heterocycles. The van der Waals surface area contributed by atoms with Crippen molar-refractivity contribution in [3.8, 4) is 5.75 Å². The Labute approximate surface area is 191 Å². The predicted octanol–water partition coefficient (Wildman–Crippen LogP) is 4.78. The third-order valence-corrected chi connectivity index (χ3v) is 5.04. The summed E-state index contributed by atoms with van der Waals surface area (Å²) in [5.74, 6) is -0.318. The molecule has 1 aliphatic heterocycles. The van der Waals surface area contributed by atoms with Crippen LogP contribution in [0.15, 0.2) is 42.0 Å². The Morgan fingerprint density at radius 1 is 1.16 bits per heavy atom. The number of carbonyl (C=O) groups is 2. The molecule has 1 fully saturated rings. The lowest BCUT2D eigenvalue weighted by molar-refractivity contribution is -0.139. The van der Waals surface area contributed by atoms with Crippen molar-refractivity contribution < 1.29 is 19.4 Å². The molecule has 0 unspecified atom stereocenters. The maximum Gasteiger partial charge on any atom is 0.341 e. The Morgan fingerprint density at radius 2 is 1.81 bits per heavy atom. The molecule has 0 bridgehead atoms. The van der Waals surface area contributed by atoms with E-state index in [1.807, 2.05) is 37.8 Å². The van der Waals surface area contributed by atoms with Crippen LogP contribution < -0.4 is 4.74 Å². The van der Waals surface area contributed by atoms with Crippen molar-refractivity contribution in [1.29, 1.82) is 0 Å². The Hall–Kier alpha value is -2.31.